The lowest BCUT2D eigenvalue weighted by Crippen LogP contribution is -2.46. The number of halogens is 1. The van der Waals surface area contributed by atoms with Crippen LogP contribution in [-0.4, -0.2) is 6.04 Å². The molecule has 1 rings (SSSR count). The van der Waals surface area contributed by atoms with Crippen LogP contribution in [0.4, 0.5) is 0 Å². The van der Waals surface area contributed by atoms with Gasteiger partial charge in [-0.1, -0.05) is 44.5 Å². The largest absolute Gasteiger partial charge is 0.271 e. The molecule has 1 aromatic rings. The fourth-order valence-corrected chi connectivity index (χ4v) is 1.92. The van der Waals surface area contributed by atoms with E-state index < -0.39 is 0 Å². The van der Waals surface area contributed by atoms with Gasteiger partial charge >= 0.3 is 0 Å². The molecule has 0 saturated carbocycles. The molecule has 0 spiro atoms. The Bertz CT molecular complexity index is 336. The summed E-state index contributed by atoms with van der Waals surface area (Å²) in [6, 6.07) is 8.21. The molecule has 2 nitrogen and oxygen atoms in total. The minimum Gasteiger partial charge on any atom is -0.271 e. The maximum atomic E-state index is 5.97. The van der Waals surface area contributed by atoms with Crippen molar-refractivity contribution in [1.29, 1.82) is 0 Å². The van der Waals surface area contributed by atoms with Crippen LogP contribution in [-0.2, 0) is 6.42 Å². The minimum absolute atomic E-state index is 0.178. The second-order valence-corrected chi connectivity index (χ2v) is 5.33. The van der Waals surface area contributed by atoms with Crippen molar-refractivity contribution in [3.05, 3.63) is 34.9 Å². The molecule has 0 heterocycles. The monoisotopic (exact) mass is 240 g/mol. The zero-order valence-electron chi connectivity index (χ0n) is 10.3. The molecule has 0 fully saturated rings. The van der Waals surface area contributed by atoms with Crippen LogP contribution < -0.4 is 11.3 Å². The van der Waals surface area contributed by atoms with E-state index in [-0.39, 0.29) is 11.5 Å². The Kier molecular flexibility index (Phi) is 4.78. The molecule has 0 aliphatic carbocycles. The highest BCUT2D eigenvalue weighted by molar-refractivity contribution is 6.30. The molecule has 3 N–H and O–H groups in total. The normalized spacial score (nSPS) is 13.8. The van der Waals surface area contributed by atoms with Crippen LogP contribution in [0.3, 0.4) is 0 Å². The van der Waals surface area contributed by atoms with E-state index >= 15 is 0 Å². The lowest BCUT2D eigenvalue weighted by molar-refractivity contribution is 0.231. The van der Waals surface area contributed by atoms with E-state index in [4.69, 9.17) is 17.4 Å². The van der Waals surface area contributed by atoms with E-state index in [0.29, 0.717) is 0 Å². The van der Waals surface area contributed by atoms with Crippen molar-refractivity contribution in [2.75, 3.05) is 0 Å². The van der Waals surface area contributed by atoms with Gasteiger partial charge in [0, 0.05) is 11.1 Å². The standard InChI is InChI=1S/C13H21ClN2/c1-4-13(2,3)12(16-15)9-10-6-5-7-11(14)8-10/h5-8,12,16H,4,9,15H2,1-3H3. The highest BCUT2D eigenvalue weighted by Crippen LogP contribution is 2.27. The third kappa shape index (κ3) is 3.48. The van der Waals surface area contributed by atoms with Gasteiger partial charge in [-0.05, 0) is 36.0 Å². The Labute approximate surface area is 103 Å². The number of hydrogen-bond donors (Lipinski definition) is 2. The number of benzene rings is 1. The molecule has 16 heavy (non-hydrogen) atoms. The minimum atomic E-state index is 0.178. The van der Waals surface area contributed by atoms with Crippen molar-refractivity contribution >= 4 is 11.6 Å². The fraction of sp³-hybridized carbons (Fsp3) is 0.538. The van der Waals surface area contributed by atoms with Gasteiger partial charge in [0.05, 0.1) is 0 Å². The van der Waals surface area contributed by atoms with Crippen molar-refractivity contribution in [1.82, 2.24) is 5.43 Å². The number of hydrazine groups is 1. The van der Waals surface area contributed by atoms with Crippen molar-refractivity contribution in [2.24, 2.45) is 11.3 Å². The van der Waals surface area contributed by atoms with E-state index in [1.54, 1.807) is 0 Å². The van der Waals surface area contributed by atoms with Crippen LogP contribution in [0.2, 0.25) is 5.02 Å². The van der Waals surface area contributed by atoms with Crippen molar-refractivity contribution in [3.8, 4) is 0 Å². The van der Waals surface area contributed by atoms with E-state index in [1.807, 2.05) is 18.2 Å². The highest BCUT2D eigenvalue weighted by Gasteiger charge is 2.26. The van der Waals surface area contributed by atoms with Crippen molar-refractivity contribution in [3.63, 3.8) is 0 Å². The average molecular weight is 241 g/mol. The molecule has 0 amide bonds. The third-order valence-corrected chi connectivity index (χ3v) is 3.62. The topological polar surface area (TPSA) is 38.0 Å². The molecule has 1 atom stereocenters. The highest BCUT2D eigenvalue weighted by atomic mass is 35.5. The fourth-order valence-electron chi connectivity index (χ4n) is 1.71. The van der Waals surface area contributed by atoms with E-state index in [2.05, 4.69) is 32.3 Å². The van der Waals surface area contributed by atoms with Crippen LogP contribution in [0.5, 0.6) is 0 Å². The number of nitrogens with one attached hydrogen (secondary N) is 1. The molecule has 3 heteroatoms. The van der Waals surface area contributed by atoms with Gasteiger partial charge in [0.15, 0.2) is 0 Å². The zero-order valence-corrected chi connectivity index (χ0v) is 11.0. The summed E-state index contributed by atoms with van der Waals surface area (Å²) in [6.07, 6.45) is 1.99. The Balaban J connectivity index is 2.78. The molecule has 0 bridgehead atoms. The lowest BCUT2D eigenvalue weighted by atomic mass is 9.79. The summed E-state index contributed by atoms with van der Waals surface area (Å²) in [5, 5.41) is 0.780. The van der Waals surface area contributed by atoms with E-state index in [1.165, 1.54) is 5.56 Å². The molecule has 90 valence electrons. The Morgan fingerprint density at radius 1 is 1.44 bits per heavy atom. The predicted octanol–water partition coefficient (Wildman–Crippen LogP) is 3.15. The van der Waals surface area contributed by atoms with E-state index in [9.17, 15) is 0 Å². The smallest absolute Gasteiger partial charge is 0.0408 e. The van der Waals surface area contributed by atoms with E-state index in [0.717, 1.165) is 17.9 Å². The van der Waals surface area contributed by atoms with Gasteiger partial charge in [-0.3, -0.25) is 11.3 Å². The summed E-state index contributed by atoms with van der Waals surface area (Å²) in [5.41, 5.74) is 4.32. The maximum Gasteiger partial charge on any atom is 0.0408 e. The number of rotatable bonds is 5. The van der Waals surface area contributed by atoms with Crippen LogP contribution in [0.25, 0.3) is 0 Å². The summed E-state index contributed by atoms with van der Waals surface area (Å²) >= 11 is 5.97. The van der Waals surface area contributed by atoms with Gasteiger partial charge in [-0.25, -0.2) is 0 Å². The molecule has 1 unspecified atom stereocenters. The van der Waals surface area contributed by atoms with Crippen molar-refractivity contribution < 1.29 is 0 Å². The first-order valence-corrected chi connectivity index (χ1v) is 6.08. The molecule has 0 aromatic heterocycles. The summed E-state index contributed by atoms with van der Waals surface area (Å²) in [7, 11) is 0. The molecule has 0 radical (unpaired) electrons. The van der Waals surface area contributed by atoms with Gasteiger partial charge in [-0.2, -0.15) is 0 Å². The van der Waals surface area contributed by atoms with Crippen LogP contribution >= 0.6 is 11.6 Å². The second-order valence-electron chi connectivity index (χ2n) is 4.90. The molecule has 0 aliphatic rings. The molecule has 0 aliphatic heterocycles. The second kappa shape index (κ2) is 5.67. The van der Waals surface area contributed by atoms with Crippen molar-refractivity contribution in [2.45, 2.75) is 39.7 Å². The predicted molar refractivity (Wildman–Crippen MR) is 70.3 cm³/mol. The third-order valence-electron chi connectivity index (χ3n) is 3.38. The maximum absolute atomic E-state index is 5.97. The first-order chi connectivity index (χ1) is 7.49. The summed E-state index contributed by atoms with van der Waals surface area (Å²) in [5.74, 6) is 5.64. The van der Waals surface area contributed by atoms with Gasteiger partial charge in [-0.15, -0.1) is 0 Å². The quantitative estimate of drug-likeness (QED) is 0.613. The average Bonchev–Trinajstić information content (AvgIpc) is 2.25. The summed E-state index contributed by atoms with van der Waals surface area (Å²) in [6.45, 7) is 6.63. The van der Waals surface area contributed by atoms with Gasteiger partial charge in [0.2, 0.25) is 0 Å². The van der Waals surface area contributed by atoms with Gasteiger partial charge < -0.3 is 0 Å². The van der Waals surface area contributed by atoms with Crippen LogP contribution in [0, 0.1) is 5.41 Å². The first kappa shape index (κ1) is 13.5. The molecule has 1 aromatic carbocycles. The Hall–Kier alpha value is -0.570. The first-order valence-electron chi connectivity index (χ1n) is 5.70. The SMILES string of the molecule is CCC(C)(C)C(Cc1cccc(Cl)c1)NN. The van der Waals surface area contributed by atoms with Crippen LogP contribution in [0.1, 0.15) is 32.8 Å². The molecular weight excluding hydrogens is 220 g/mol. The lowest BCUT2D eigenvalue weighted by Gasteiger charge is -2.33. The van der Waals surface area contributed by atoms with Crippen LogP contribution in [0.15, 0.2) is 24.3 Å². The summed E-state index contributed by atoms with van der Waals surface area (Å²) < 4.78 is 0. The Morgan fingerprint density at radius 3 is 2.62 bits per heavy atom. The Morgan fingerprint density at radius 2 is 2.12 bits per heavy atom. The molecular formula is C13H21ClN2. The number of hydrogen-bond acceptors (Lipinski definition) is 2. The van der Waals surface area contributed by atoms with Gasteiger partial charge in [0.25, 0.3) is 0 Å². The zero-order chi connectivity index (χ0) is 12.2. The molecule has 0 saturated heterocycles. The number of nitrogens with two attached hydrogens (primary N) is 1. The summed E-state index contributed by atoms with van der Waals surface area (Å²) in [4.78, 5) is 0. The van der Waals surface area contributed by atoms with Gasteiger partial charge in [0.1, 0.15) is 0 Å².